The van der Waals surface area contributed by atoms with Crippen LogP contribution in [-0.4, -0.2) is 41.1 Å². The Hall–Kier alpha value is -3.04. The second-order valence-electron chi connectivity index (χ2n) is 7.69. The summed E-state index contributed by atoms with van der Waals surface area (Å²) < 4.78 is 32.1. The highest BCUT2D eigenvalue weighted by Crippen LogP contribution is 2.30. The van der Waals surface area contributed by atoms with E-state index in [2.05, 4.69) is 15.6 Å². The molecule has 1 unspecified atom stereocenters. The number of pyridine rings is 2. The van der Waals surface area contributed by atoms with Gasteiger partial charge in [-0.15, -0.1) is 0 Å². The van der Waals surface area contributed by atoms with E-state index in [9.17, 15) is 9.59 Å². The third kappa shape index (κ3) is 4.05. The van der Waals surface area contributed by atoms with E-state index in [0.717, 1.165) is 6.07 Å². The van der Waals surface area contributed by atoms with Crippen molar-refractivity contribution >= 4 is 39.9 Å². The van der Waals surface area contributed by atoms with E-state index in [0.29, 0.717) is 24.7 Å². The molecule has 1 atom stereocenters. The van der Waals surface area contributed by atoms with Crippen molar-refractivity contribution in [3.05, 3.63) is 63.0 Å². The zero-order valence-corrected chi connectivity index (χ0v) is 18.3. The number of aromatic nitrogens is 2. The molecule has 1 amide bonds. The number of nitrogens with one attached hydrogen (secondary N) is 2. The molecule has 10 heteroatoms. The highest BCUT2D eigenvalue weighted by molar-refractivity contribution is 6.30. The van der Waals surface area contributed by atoms with Crippen LogP contribution in [0.15, 0.2) is 35.4 Å². The monoisotopic (exact) mass is 461 g/mol. The molecule has 0 bridgehead atoms. The van der Waals surface area contributed by atoms with Crippen molar-refractivity contribution in [2.75, 3.05) is 29.9 Å². The van der Waals surface area contributed by atoms with Gasteiger partial charge in [0.05, 0.1) is 15.9 Å². The van der Waals surface area contributed by atoms with Crippen LogP contribution in [0.2, 0.25) is 5.02 Å². The van der Waals surface area contributed by atoms with Crippen molar-refractivity contribution < 1.29 is 13.6 Å². The molecule has 1 saturated heterocycles. The topological polar surface area (TPSA) is 79.3 Å². The SMILES string of the molecule is CCn1cc(C(=O)Nc2ccc(Cl)cn2)c(=O)c2cc(F)c(N3CCNC(C)C3)c(F)c21. The first-order valence-corrected chi connectivity index (χ1v) is 10.6. The van der Waals surface area contributed by atoms with Crippen LogP contribution < -0.4 is 21.0 Å². The molecule has 0 aliphatic carbocycles. The smallest absolute Gasteiger partial charge is 0.262 e. The molecule has 0 saturated carbocycles. The van der Waals surface area contributed by atoms with E-state index in [1.807, 2.05) is 6.92 Å². The van der Waals surface area contributed by atoms with Gasteiger partial charge < -0.3 is 20.1 Å². The molecule has 4 rings (SSSR count). The number of carbonyl (C=O) groups excluding carboxylic acids is 1. The summed E-state index contributed by atoms with van der Waals surface area (Å²) in [7, 11) is 0. The Labute approximate surface area is 188 Å². The van der Waals surface area contributed by atoms with Crippen LogP contribution in [-0.2, 0) is 6.54 Å². The van der Waals surface area contributed by atoms with Crippen LogP contribution >= 0.6 is 11.6 Å². The zero-order chi connectivity index (χ0) is 23.0. The molecule has 7 nitrogen and oxygen atoms in total. The average molecular weight is 462 g/mol. The third-order valence-electron chi connectivity index (χ3n) is 5.47. The summed E-state index contributed by atoms with van der Waals surface area (Å²) in [5.74, 6) is -2.17. The molecule has 3 heterocycles. The van der Waals surface area contributed by atoms with Crippen LogP contribution in [0, 0.1) is 11.6 Å². The summed E-state index contributed by atoms with van der Waals surface area (Å²) in [6, 6.07) is 4.11. The largest absolute Gasteiger partial charge is 0.364 e. The van der Waals surface area contributed by atoms with Crippen LogP contribution in [0.1, 0.15) is 24.2 Å². The minimum Gasteiger partial charge on any atom is -0.364 e. The highest BCUT2D eigenvalue weighted by atomic mass is 35.5. The summed E-state index contributed by atoms with van der Waals surface area (Å²) in [4.78, 5) is 31.4. The van der Waals surface area contributed by atoms with Gasteiger partial charge in [0.25, 0.3) is 5.91 Å². The molecule has 1 fully saturated rings. The molecular weight excluding hydrogens is 440 g/mol. The Morgan fingerprint density at radius 1 is 1.38 bits per heavy atom. The number of amides is 1. The summed E-state index contributed by atoms with van der Waals surface area (Å²) in [5.41, 5.74) is -1.18. The number of fused-ring (bicyclic) bond motifs is 1. The predicted octanol–water partition coefficient (Wildman–Crippen LogP) is 3.40. The first kappa shape index (κ1) is 22.2. The van der Waals surface area contributed by atoms with E-state index in [1.54, 1.807) is 11.8 Å². The van der Waals surface area contributed by atoms with Gasteiger partial charge in [-0.1, -0.05) is 11.6 Å². The summed E-state index contributed by atoms with van der Waals surface area (Å²) >= 11 is 5.80. The second kappa shape index (κ2) is 8.84. The van der Waals surface area contributed by atoms with Crippen molar-refractivity contribution in [3.8, 4) is 0 Å². The second-order valence-corrected chi connectivity index (χ2v) is 8.13. The van der Waals surface area contributed by atoms with Gasteiger partial charge in [0.1, 0.15) is 22.9 Å². The molecular formula is C22H22ClF2N5O2. The lowest BCUT2D eigenvalue weighted by molar-refractivity contribution is 0.102. The van der Waals surface area contributed by atoms with Crippen LogP contribution in [0.4, 0.5) is 20.3 Å². The summed E-state index contributed by atoms with van der Waals surface area (Å²) in [6.45, 7) is 5.43. The van der Waals surface area contributed by atoms with Crippen molar-refractivity contribution in [2.45, 2.75) is 26.4 Å². The Morgan fingerprint density at radius 3 is 2.81 bits per heavy atom. The number of benzene rings is 1. The molecule has 2 N–H and O–H groups in total. The normalized spacial score (nSPS) is 16.4. The number of hydrogen-bond acceptors (Lipinski definition) is 5. The average Bonchev–Trinajstić information content (AvgIpc) is 2.76. The Balaban J connectivity index is 1.82. The van der Waals surface area contributed by atoms with E-state index >= 15 is 8.78 Å². The number of nitrogens with zero attached hydrogens (tertiary/aromatic N) is 3. The minimum atomic E-state index is -0.833. The maximum absolute atomic E-state index is 15.6. The van der Waals surface area contributed by atoms with Gasteiger partial charge in [0.2, 0.25) is 5.43 Å². The van der Waals surface area contributed by atoms with Crippen LogP contribution in [0.5, 0.6) is 0 Å². The first-order chi connectivity index (χ1) is 15.3. The fourth-order valence-corrected chi connectivity index (χ4v) is 4.06. The summed E-state index contributed by atoms with van der Waals surface area (Å²) in [5, 5.41) is 5.95. The molecule has 1 aromatic carbocycles. The van der Waals surface area contributed by atoms with E-state index in [4.69, 9.17) is 11.6 Å². The fraction of sp³-hybridized carbons (Fsp3) is 0.318. The zero-order valence-electron chi connectivity index (χ0n) is 17.6. The lowest BCUT2D eigenvalue weighted by Gasteiger charge is -2.34. The predicted molar refractivity (Wildman–Crippen MR) is 121 cm³/mol. The van der Waals surface area contributed by atoms with E-state index < -0.39 is 23.0 Å². The molecule has 2 aromatic heterocycles. The quantitative estimate of drug-likeness (QED) is 0.622. The first-order valence-electron chi connectivity index (χ1n) is 10.3. The van der Waals surface area contributed by atoms with Gasteiger partial charge in [-0.05, 0) is 32.0 Å². The van der Waals surface area contributed by atoms with Gasteiger partial charge in [0, 0.05) is 44.6 Å². The number of halogens is 3. The standard InChI is InChI=1S/C22H22ClF2N5O2/c1-3-29-11-15(22(32)28-17-5-4-13(23)9-27-17)21(31)14-8-16(24)20(18(25)19(14)29)30-7-6-26-12(2)10-30/h4-5,8-9,11-12,26H,3,6-7,10H2,1-2H3,(H,27,28,32). The van der Waals surface area contributed by atoms with Gasteiger partial charge in [-0.2, -0.15) is 0 Å². The molecule has 0 radical (unpaired) electrons. The van der Waals surface area contributed by atoms with Gasteiger partial charge >= 0.3 is 0 Å². The number of carbonyl (C=O) groups is 1. The Morgan fingerprint density at radius 2 is 2.16 bits per heavy atom. The van der Waals surface area contributed by atoms with Crippen LogP contribution in [0.3, 0.4) is 0 Å². The number of aryl methyl sites for hydroxylation is 1. The van der Waals surface area contributed by atoms with E-state index in [1.165, 1.54) is 29.1 Å². The maximum atomic E-state index is 15.6. The Bertz CT molecular complexity index is 1250. The van der Waals surface area contributed by atoms with E-state index in [-0.39, 0.29) is 40.6 Å². The highest BCUT2D eigenvalue weighted by Gasteiger charge is 2.27. The number of piperazine rings is 1. The number of rotatable bonds is 4. The molecule has 1 aliphatic heterocycles. The summed E-state index contributed by atoms with van der Waals surface area (Å²) in [6.07, 6.45) is 2.65. The molecule has 168 valence electrons. The van der Waals surface area contributed by atoms with Gasteiger partial charge in [-0.3, -0.25) is 9.59 Å². The van der Waals surface area contributed by atoms with Gasteiger partial charge in [0.15, 0.2) is 5.82 Å². The fourth-order valence-electron chi connectivity index (χ4n) is 3.95. The van der Waals surface area contributed by atoms with Crippen LogP contribution in [0.25, 0.3) is 10.9 Å². The van der Waals surface area contributed by atoms with Crippen molar-refractivity contribution in [1.82, 2.24) is 14.9 Å². The number of hydrogen-bond donors (Lipinski definition) is 2. The third-order valence-corrected chi connectivity index (χ3v) is 5.69. The molecule has 0 spiro atoms. The lowest BCUT2D eigenvalue weighted by atomic mass is 10.1. The molecule has 32 heavy (non-hydrogen) atoms. The minimum absolute atomic E-state index is 0.0266. The maximum Gasteiger partial charge on any atom is 0.262 e. The number of anilines is 2. The van der Waals surface area contributed by atoms with Crippen molar-refractivity contribution in [2.24, 2.45) is 0 Å². The Kier molecular flexibility index (Phi) is 6.12. The lowest BCUT2D eigenvalue weighted by Crippen LogP contribution is -2.49. The molecule has 3 aromatic rings. The van der Waals surface area contributed by atoms with Crippen molar-refractivity contribution in [3.63, 3.8) is 0 Å². The van der Waals surface area contributed by atoms with Gasteiger partial charge in [-0.25, -0.2) is 13.8 Å². The molecule has 1 aliphatic rings. The van der Waals surface area contributed by atoms with Crippen molar-refractivity contribution in [1.29, 1.82) is 0 Å².